The number of carbonyl (C=O) groups is 15. The number of aliphatic carboxylic acids is 3. The lowest BCUT2D eigenvalue weighted by molar-refractivity contribution is -0.146. The summed E-state index contributed by atoms with van der Waals surface area (Å²) in [6, 6.07) is 27.2. The number of H-pyrrole nitrogens is 3. The standard InChI is InChI=1S/C95H120N26O19/c96-79(123)50-121(101)93(140)78-23-12-32-120(78)92(139)76(42-57-24-28-61(29-25-57)84(131)60-14-2-1-3-15-60)114-88(135)73(44-63-47-105-68-19-8-6-17-66(63)68)111-86(133)71(22-11-31-104-95(99)100)110-90(137)75(46-65-49-102-56-107-65)113-91(138)77(55-122)115-89(136)74(45-64-48-106-69-20-9-7-18-67(64)69)112-85(132)70(21-10-30-103-94(97)98)109-87(134)72(43-58-26-27-59-13-4-5-16-62(59)41-58)108-80(124)51-116-33-35-117(52-81(125)126)37-39-119(54-83(129)130)40-38-118(36-34-116)53-82(127)128/h1-9,13-20,24-29,41,47-49,56,70-78,105-106,122H,10-12,21-23,30-40,42-46,50-55,101H2,(H2,96,123)(H,102,107)(H,108,124)(H,109,134)(H,110,137)(H,111,133)(H,112,132)(H,113,138)(H,114,135)(H,115,136)(H,125,126)(H,127,128)(H,129,130)(H4,97,98,103)(H4,99,100,104)/t70-,71+,72+,73-,74-,75-,76-,77-,78-/m0/s1. The quantitative estimate of drug-likeness (QED) is 0.00351. The highest BCUT2D eigenvalue weighted by atomic mass is 16.4. The van der Waals surface area contributed by atoms with Crippen LogP contribution in [0.1, 0.15) is 82.4 Å². The van der Waals surface area contributed by atoms with Crippen molar-refractivity contribution in [2.24, 2.45) is 23.0 Å². The van der Waals surface area contributed by atoms with Crippen LogP contribution in [-0.4, -0.2) is 336 Å². The number of carboxylic acids is 3. The Morgan fingerprint density at radius 1 is 0.443 bits per heavy atom. The van der Waals surface area contributed by atoms with Gasteiger partial charge >= 0.3 is 17.9 Å². The molecule has 0 aliphatic carbocycles. The number of nitrogens with one attached hydrogen (secondary N) is 15. The number of aliphatic hydroxyl groups excluding tert-OH is 1. The number of hydrogen-bond donors (Lipinski definition) is 23. The van der Waals surface area contributed by atoms with Crippen molar-refractivity contribution in [2.75, 3.05) is 111 Å². The minimum atomic E-state index is -1.95. The number of likely N-dealkylation sites (tertiary alicyclic amines) is 1. The first-order valence-corrected chi connectivity index (χ1v) is 45.8. The number of carboxylic acid groups (broad SMARTS) is 3. The van der Waals surface area contributed by atoms with E-state index in [1.54, 1.807) is 141 Å². The van der Waals surface area contributed by atoms with Gasteiger partial charge in [0.05, 0.1) is 39.1 Å². The zero-order valence-corrected chi connectivity index (χ0v) is 77.0. The van der Waals surface area contributed by atoms with E-state index in [-0.39, 0.29) is 141 Å². The number of carbonyl (C=O) groups excluding carboxylic acids is 12. The maximum Gasteiger partial charge on any atom is 0.317 e. The van der Waals surface area contributed by atoms with Crippen molar-refractivity contribution in [3.05, 3.63) is 210 Å². The molecule has 11 amide bonds. The average molecular weight is 1930 g/mol. The lowest BCUT2D eigenvalue weighted by atomic mass is 9.98. The summed E-state index contributed by atoms with van der Waals surface area (Å²) in [5.74, 6) is -8.95. The summed E-state index contributed by atoms with van der Waals surface area (Å²) in [7, 11) is 0. The van der Waals surface area contributed by atoms with Crippen molar-refractivity contribution in [1.29, 1.82) is 10.8 Å². The third-order valence-electron chi connectivity index (χ3n) is 24.1. The summed E-state index contributed by atoms with van der Waals surface area (Å²) in [6.07, 6.45) is 4.36. The van der Waals surface area contributed by atoms with Crippen LogP contribution in [0.15, 0.2) is 171 Å². The van der Waals surface area contributed by atoms with Crippen molar-refractivity contribution in [2.45, 2.75) is 125 Å². The number of hydrazine groups is 1. The molecule has 0 spiro atoms. The molecule has 0 radical (unpaired) electrons. The Morgan fingerprint density at radius 2 is 0.857 bits per heavy atom. The van der Waals surface area contributed by atoms with Gasteiger partial charge < -0.3 is 111 Å². The number of rotatable bonds is 48. The molecule has 3 aromatic heterocycles. The zero-order chi connectivity index (χ0) is 100. The second kappa shape index (κ2) is 51.6. The highest BCUT2D eigenvalue weighted by Gasteiger charge is 2.42. The number of guanidine groups is 2. The molecule has 0 unspecified atom stereocenters. The van der Waals surface area contributed by atoms with Crippen molar-refractivity contribution < 1.29 is 92.3 Å². The van der Waals surface area contributed by atoms with Crippen LogP contribution in [0.3, 0.4) is 0 Å². The summed E-state index contributed by atoms with van der Waals surface area (Å²) in [5, 5.41) is 87.4. The Hall–Kier alpha value is -15.6. The van der Waals surface area contributed by atoms with E-state index in [4.69, 9.17) is 33.9 Å². The number of nitrogens with zero attached hydrogens (tertiary/aromatic N) is 7. The van der Waals surface area contributed by atoms with E-state index >= 15 is 38.4 Å². The number of primary amides is 1. The Labute approximate surface area is 804 Å². The summed E-state index contributed by atoms with van der Waals surface area (Å²) in [6.45, 7) is -2.97. The number of hydrogen-bond acceptors (Lipinski definition) is 24. The highest BCUT2D eigenvalue weighted by Crippen LogP contribution is 2.26. The lowest BCUT2D eigenvalue weighted by Gasteiger charge is -2.33. The molecule has 5 heterocycles. The minimum absolute atomic E-state index is 0.00225. The van der Waals surface area contributed by atoms with Gasteiger partial charge in [-0.3, -0.25) is 107 Å². The van der Waals surface area contributed by atoms with E-state index in [9.17, 15) is 54.0 Å². The molecule has 140 heavy (non-hydrogen) atoms. The van der Waals surface area contributed by atoms with Crippen molar-refractivity contribution in [3.8, 4) is 0 Å². The monoisotopic (exact) mass is 1930 g/mol. The smallest absolute Gasteiger partial charge is 0.317 e. The molecule has 27 N–H and O–H groups in total. The largest absolute Gasteiger partial charge is 0.480 e. The molecule has 6 aromatic carbocycles. The zero-order valence-electron chi connectivity index (χ0n) is 77.0. The van der Waals surface area contributed by atoms with E-state index in [0.29, 0.717) is 66.6 Å². The number of aromatic nitrogens is 4. The van der Waals surface area contributed by atoms with Crippen LogP contribution in [0.25, 0.3) is 32.6 Å². The summed E-state index contributed by atoms with van der Waals surface area (Å²) < 4.78 is 0. The first-order chi connectivity index (χ1) is 67.2. The molecule has 2 fully saturated rings. The molecule has 744 valence electrons. The number of amides is 11. The minimum Gasteiger partial charge on any atom is -0.480 e. The maximum absolute atomic E-state index is 15.6. The third-order valence-corrected chi connectivity index (χ3v) is 24.1. The molecule has 2 saturated heterocycles. The fourth-order valence-corrected chi connectivity index (χ4v) is 16.9. The van der Waals surface area contributed by atoms with Crippen molar-refractivity contribution >= 4 is 133 Å². The fourth-order valence-electron chi connectivity index (χ4n) is 16.9. The summed E-state index contributed by atoms with van der Waals surface area (Å²) >= 11 is 0. The topological polar surface area (TPSA) is 689 Å². The Kier molecular flexibility index (Phi) is 38.6. The number of benzene rings is 6. The van der Waals surface area contributed by atoms with Gasteiger partial charge in [-0.1, -0.05) is 133 Å². The second-order valence-corrected chi connectivity index (χ2v) is 34.5. The van der Waals surface area contributed by atoms with Gasteiger partial charge in [-0.25, -0.2) is 10.8 Å². The number of aromatic amines is 3. The van der Waals surface area contributed by atoms with Gasteiger partial charge in [0.1, 0.15) is 60.9 Å². The Bertz CT molecular complexity index is 5850. The summed E-state index contributed by atoms with van der Waals surface area (Å²) in [5.41, 5.74) is 21.0. The van der Waals surface area contributed by atoms with Crippen LogP contribution in [0, 0.1) is 10.8 Å². The molecule has 45 heteroatoms. The first-order valence-electron chi connectivity index (χ1n) is 45.8. The lowest BCUT2D eigenvalue weighted by Crippen LogP contribution is -2.62. The molecular weight excluding hydrogens is 1810 g/mol. The van der Waals surface area contributed by atoms with Gasteiger partial charge in [0.15, 0.2) is 17.7 Å². The van der Waals surface area contributed by atoms with Gasteiger partial charge in [0.25, 0.3) is 5.91 Å². The SMILES string of the molecule is N=C(N)NCCC[C@H](NC(=O)[C@@H](Cc1ccc2ccccc2c1)NC(=O)CN1CCN(CC(=O)O)CCN(CC(=O)O)CCN(CC(=O)O)CC1)C(=O)N[C@@H](Cc1c[nH]c2ccccc12)C(=O)N[C@@H](CO)C(=O)N[C@@H](Cc1cnc[nH]1)C(=O)N[C@H](CCCNC(=N)N)C(=O)N[C@@H](Cc1c[nH]c2ccccc12)C(=O)N[C@@H](Cc1ccc(C(=O)c2ccccc2)cc1)C(=O)N1CCC[C@H]1C(=O)N(N)CC(N)=O. The van der Waals surface area contributed by atoms with Gasteiger partial charge in [-0.2, -0.15) is 0 Å². The molecule has 0 saturated carbocycles. The number of aliphatic hydroxyl groups is 1. The normalized spacial score (nSPS) is 15.8. The molecular formula is C95H120N26O19. The molecule has 9 aromatic rings. The van der Waals surface area contributed by atoms with Crippen LogP contribution < -0.4 is 76.2 Å². The average Bonchev–Trinajstić information content (AvgIpc) is 1.42. The van der Waals surface area contributed by atoms with Crippen molar-refractivity contribution in [1.82, 2.24) is 103 Å². The predicted octanol–water partition coefficient (Wildman–Crippen LogP) is -2.68. The van der Waals surface area contributed by atoms with Crippen LogP contribution in [-0.2, 0) is 99.2 Å². The van der Waals surface area contributed by atoms with E-state index < -0.39 is 195 Å². The molecule has 45 nitrogen and oxygen atoms in total. The molecule has 2 aliphatic heterocycles. The predicted molar refractivity (Wildman–Crippen MR) is 513 cm³/mol. The second-order valence-electron chi connectivity index (χ2n) is 34.5. The van der Waals surface area contributed by atoms with Crippen LogP contribution in [0.5, 0.6) is 0 Å². The van der Waals surface area contributed by atoms with Crippen LogP contribution in [0.4, 0.5) is 0 Å². The van der Waals surface area contributed by atoms with E-state index in [2.05, 4.69) is 73.1 Å². The van der Waals surface area contributed by atoms with Crippen LogP contribution >= 0.6 is 0 Å². The molecule has 0 bridgehead atoms. The Balaban J connectivity index is 0.857. The first kappa shape index (κ1) is 105. The van der Waals surface area contributed by atoms with E-state index in [1.807, 2.05) is 36.4 Å². The van der Waals surface area contributed by atoms with Gasteiger partial charge in [0.2, 0.25) is 59.1 Å². The van der Waals surface area contributed by atoms with E-state index in [1.165, 1.54) is 17.4 Å². The number of para-hydroxylation sites is 2. The maximum atomic E-state index is 15.6. The van der Waals surface area contributed by atoms with E-state index in [0.717, 1.165) is 10.8 Å². The van der Waals surface area contributed by atoms with Crippen LogP contribution in [0.2, 0.25) is 0 Å². The van der Waals surface area contributed by atoms with Crippen molar-refractivity contribution in [3.63, 3.8) is 0 Å². The number of ketones is 1. The highest BCUT2D eigenvalue weighted by molar-refractivity contribution is 6.09. The van der Waals surface area contributed by atoms with Gasteiger partial charge in [0, 0.05) is 161 Å². The molecule has 11 rings (SSSR count). The van der Waals surface area contributed by atoms with Gasteiger partial charge in [-0.15, -0.1) is 0 Å². The summed E-state index contributed by atoms with van der Waals surface area (Å²) in [4.78, 5) is 234. The fraction of sp³-hybridized carbons (Fsp3) is 0.389. The number of imidazole rings is 1. The molecule has 2 aliphatic rings. The van der Waals surface area contributed by atoms with Gasteiger partial charge in [-0.05, 0) is 83.7 Å². The Morgan fingerprint density at radius 3 is 1.34 bits per heavy atom. The number of fused-ring (bicyclic) bond motifs is 3. The third kappa shape index (κ3) is 31.5. The molecule has 9 atom stereocenters. The number of nitrogens with two attached hydrogens (primary N) is 4.